The lowest BCUT2D eigenvalue weighted by atomic mass is 10.0. The molecule has 0 radical (unpaired) electrons. The van der Waals surface area contributed by atoms with Crippen molar-refractivity contribution in [1.82, 2.24) is 10.2 Å². The van der Waals surface area contributed by atoms with Crippen LogP contribution in [0.1, 0.15) is 24.2 Å². The van der Waals surface area contributed by atoms with E-state index >= 15 is 0 Å². The van der Waals surface area contributed by atoms with Crippen molar-refractivity contribution in [1.29, 1.82) is 0 Å². The molecule has 2 aromatic carbocycles. The molecule has 4 nitrogen and oxygen atoms in total. The van der Waals surface area contributed by atoms with Crippen molar-refractivity contribution in [3.05, 3.63) is 59.8 Å². The third-order valence-electron chi connectivity index (χ3n) is 3.26. The molecule has 0 bridgehead atoms. The number of aliphatic hydroxyl groups is 1. The molecule has 0 spiro atoms. The second-order valence-electron chi connectivity index (χ2n) is 4.62. The van der Waals surface area contributed by atoms with Gasteiger partial charge in [0.15, 0.2) is 0 Å². The fraction of sp³-hybridized carbons (Fsp3) is 0.188. The van der Waals surface area contributed by atoms with E-state index in [9.17, 15) is 5.11 Å². The van der Waals surface area contributed by atoms with Crippen molar-refractivity contribution in [2.45, 2.75) is 13.0 Å². The molecule has 20 heavy (non-hydrogen) atoms. The molecule has 0 saturated heterocycles. The maximum Gasteiger partial charge on any atom is 0.119 e. The molecule has 1 heterocycles. The lowest BCUT2D eigenvalue weighted by Crippen LogP contribution is -2.00. The molecule has 0 amide bonds. The van der Waals surface area contributed by atoms with E-state index in [-0.39, 0.29) is 0 Å². The molecule has 0 saturated carbocycles. The smallest absolute Gasteiger partial charge is 0.119 e. The summed E-state index contributed by atoms with van der Waals surface area (Å²) >= 11 is 0. The molecular weight excluding hydrogens is 252 g/mol. The van der Waals surface area contributed by atoms with Crippen molar-refractivity contribution >= 4 is 10.9 Å². The highest BCUT2D eigenvalue weighted by Gasteiger charge is 2.12. The summed E-state index contributed by atoms with van der Waals surface area (Å²) in [6.45, 7) is 2.55. The maximum absolute atomic E-state index is 10.5. The van der Waals surface area contributed by atoms with Gasteiger partial charge in [0.1, 0.15) is 11.9 Å². The molecule has 102 valence electrons. The molecule has 0 aliphatic heterocycles. The minimum absolute atomic E-state index is 0.612. The number of rotatable bonds is 4. The molecule has 2 N–H and O–H groups in total. The number of nitrogens with one attached hydrogen (secondary N) is 1. The van der Waals surface area contributed by atoms with Crippen LogP contribution in [0.4, 0.5) is 0 Å². The van der Waals surface area contributed by atoms with E-state index in [1.807, 2.05) is 49.4 Å². The van der Waals surface area contributed by atoms with Crippen LogP contribution in [-0.4, -0.2) is 21.9 Å². The third-order valence-corrected chi connectivity index (χ3v) is 3.26. The SMILES string of the molecule is CCOc1cccc(C(O)c2ccc3[nH]ncc3c2)c1. The summed E-state index contributed by atoms with van der Waals surface area (Å²) in [7, 11) is 0. The summed E-state index contributed by atoms with van der Waals surface area (Å²) < 4.78 is 5.46. The van der Waals surface area contributed by atoms with Crippen LogP contribution in [0.15, 0.2) is 48.7 Å². The van der Waals surface area contributed by atoms with Crippen molar-refractivity contribution < 1.29 is 9.84 Å². The summed E-state index contributed by atoms with van der Waals surface area (Å²) in [5.74, 6) is 0.772. The number of H-pyrrole nitrogens is 1. The molecule has 1 atom stereocenters. The number of nitrogens with zero attached hydrogens (tertiary/aromatic N) is 1. The highest BCUT2D eigenvalue weighted by Crippen LogP contribution is 2.27. The Labute approximate surface area is 117 Å². The van der Waals surface area contributed by atoms with Crippen LogP contribution < -0.4 is 4.74 Å². The van der Waals surface area contributed by atoms with Gasteiger partial charge in [-0.15, -0.1) is 0 Å². The quantitative estimate of drug-likeness (QED) is 0.764. The monoisotopic (exact) mass is 268 g/mol. The molecule has 0 fully saturated rings. The van der Waals surface area contributed by atoms with E-state index in [1.165, 1.54) is 0 Å². The van der Waals surface area contributed by atoms with Gasteiger partial charge in [-0.3, -0.25) is 5.10 Å². The fourth-order valence-electron chi connectivity index (χ4n) is 2.26. The predicted molar refractivity (Wildman–Crippen MR) is 77.8 cm³/mol. The first-order valence-electron chi connectivity index (χ1n) is 6.62. The number of aliphatic hydroxyl groups excluding tert-OH is 1. The summed E-state index contributed by atoms with van der Waals surface area (Å²) in [4.78, 5) is 0. The van der Waals surface area contributed by atoms with Gasteiger partial charge in [0.25, 0.3) is 0 Å². The van der Waals surface area contributed by atoms with Gasteiger partial charge in [-0.05, 0) is 42.3 Å². The predicted octanol–water partition coefficient (Wildman–Crippen LogP) is 3.04. The van der Waals surface area contributed by atoms with E-state index in [0.717, 1.165) is 27.8 Å². The van der Waals surface area contributed by atoms with Gasteiger partial charge < -0.3 is 9.84 Å². The highest BCUT2D eigenvalue weighted by molar-refractivity contribution is 5.78. The van der Waals surface area contributed by atoms with Crippen LogP contribution in [0.5, 0.6) is 5.75 Å². The molecule has 0 aliphatic rings. The maximum atomic E-state index is 10.5. The van der Waals surface area contributed by atoms with Crippen molar-refractivity contribution in [3.63, 3.8) is 0 Å². The fourth-order valence-corrected chi connectivity index (χ4v) is 2.26. The Morgan fingerprint density at radius 2 is 2.05 bits per heavy atom. The van der Waals surface area contributed by atoms with E-state index < -0.39 is 6.10 Å². The van der Waals surface area contributed by atoms with Crippen LogP contribution in [0.25, 0.3) is 10.9 Å². The zero-order chi connectivity index (χ0) is 13.9. The molecule has 4 heteroatoms. The molecule has 0 aliphatic carbocycles. The minimum Gasteiger partial charge on any atom is -0.494 e. The molecular formula is C16H16N2O2. The normalized spacial score (nSPS) is 12.5. The van der Waals surface area contributed by atoms with Gasteiger partial charge in [0, 0.05) is 5.39 Å². The summed E-state index contributed by atoms with van der Waals surface area (Å²) in [5.41, 5.74) is 2.62. The lowest BCUT2D eigenvalue weighted by molar-refractivity contribution is 0.219. The number of hydrogen-bond donors (Lipinski definition) is 2. The van der Waals surface area contributed by atoms with Crippen LogP contribution >= 0.6 is 0 Å². The molecule has 1 aromatic heterocycles. The first-order chi connectivity index (χ1) is 9.78. The van der Waals surface area contributed by atoms with Crippen molar-refractivity contribution in [2.24, 2.45) is 0 Å². The number of hydrogen-bond acceptors (Lipinski definition) is 3. The van der Waals surface area contributed by atoms with E-state index in [4.69, 9.17) is 4.74 Å². The third kappa shape index (κ3) is 2.38. The van der Waals surface area contributed by atoms with Gasteiger partial charge in [0.2, 0.25) is 0 Å². The van der Waals surface area contributed by atoms with E-state index in [1.54, 1.807) is 6.20 Å². The summed E-state index contributed by atoms with van der Waals surface area (Å²) in [5, 5.41) is 18.4. The second-order valence-corrected chi connectivity index (χ2v) is 4.62. The zero-order valence-electron chi connectivity index (χ0n) is 11.2. The first kappa shape index (κ1) is 12.7. The number of aromatic amines is 1. The average molecular weight is 268 g/mol. The molecule has 1 unspecified atom stereocenters. The van der Waals surface area contributed by atoms with Crippen LogP contribution in [0.3, 0.4) is 0 Å². The van der Waals surface area contributed by atoms with Crippen molar-refractivity contribution in [3.8, 4) is 5.75 Å². The topological polar surface area (TPSA) is 58.1 Å². The Morgan fingerprint density at radius 3 is 2.90 bits per heavy atom. The van der Waals surface area contributed by atoms with Crippen molar-refractivity contribution in [2.75, 3.05) is 6.61 Å². The molecule has 3 aromatic rings. The Hall–Kier alpha value is -2.33. The van der Waals surface area contributed by atoms with Gasteiger partial charge in [-0.1, -0.05) is 18.2 Å². The van der Waals surface area contributed by atoms with Gasteiger partial charge in [0.05, 0.1) is 18.3 Å². The Balaban J connectivity index is 1.94. The Bertz CT molecular complexity index is 721. The number of ether oxygens (including phenoxy) is 1. The zero-order valence-corrected chi connectivity index (χ0v) is 11.2. The Morgan fingerprint density at radius 1 is 1.20 bits per heavy atom. The van der Waals surface area contributed by atoms with E-state index in [0.29, 0.717) is 6.61 Å². The average Bonchev–Trinajstić information content (AvgIpc) is 2.94. The van der Waals surface area contributed by atoms with Crippen LogP contribution in [0.2, 0.25) is 0 Å². The minimum atomic E-state index is -0.672. The van der Waals surface area contributed by atoms with Crippen LogP contribution in [0, 0.1) is 0 Å². The summed E-state index contributed by atoms with van der Waals surface area (Å²) in [6, 6.07) is 13.3. The lowest BCUT2D eigenvalue weighted by Gasteiger charge is -2.13. The van der Waals surface area contributed by atoms with Gasteiger partial charge >= 0.3 is 0 Å². The van der Waals surface area contributed by atoms with Gasteiger partial charge in [-0.25, -0.2) is 0 Å². The Kier molecular flexibility index (Phi) is 3.39. The first-order valence-corrected chi connectivity index (χ1v) is 6.62. The van der Waals surface area contributed by atoms with Gasteiger partial charge in [-0.2, -0.15) is 5.10 Å². The van der Waals surface area contributed by atoms with Crippen LogP contribution in [-0.2, 0) is 0 Å². The standard InChI is InChI=1S/C16H16N2O2/c1-2-20-14-5-3-4-11(9-14)16(19)12-6-7-15-13(8-12)10-17-18-15/h3-10,16,19H,2H2,1H3,(H,17,18). The number of fused-ring (bicyclic) bond motifs is 1. The largest absolute Gasteiger partial charge is 0.494 e. The number of benzene rings is 2. The number of aromatic nitrogens is 2. The molecule has 3 rings (SSSR count). The second kappa shape index (κ2) is 5.35. The summed E-state index contributed by atoms with van der Waals surface area (Å²) in [6.07, 6.45) is 1.08. The van der Waals surface area contributed by atoms with E-state index in [2.05, 4.69) is 10.2 Å². The highest BCUT2D eigenvalue weighted by atomic mass is 16.5.